The molecule has 11 heteroatoms. The number of amides is 1. The SMILES string of the molecule is O=C(C1=C(O)C(=O)N(c2nnc(SCc3ccc(F)cc3)s2)[C@H]1c1cccc(Br)c1)c1cc2ccccc2o1. The molecule has 0 unspecified atom stereocenters. The Labute approximate surface area is 238 Å². The van der Waals surface area contributed by atoms with Gasteiger partial charge >= 0.3 is 0 Å². The quantitative estimate of drug-likeness (QED) is 0.116. The molecule has 0 radical (unpaired) electrons. The monoisotopic (exact) mass is 621 g/mol. The molecule has 2 aromatic heterocycles. The number of carbonyl (C=O) groups is 2. The summed E-state index contributed by atoms with van der Waals surface area (Å²) in [5.74, 6) is -1.79. The van der Waals surface area contributed by atoms with Crippen LogP contribution >= 0.6 is 39.0 Å². The van der Waals surface area contributed by atoms with Crippen molar-refractivity contribution in [3.8, 4) is 0 Å². The van der Waals surface area contributed by atoms with E-state index in [4.69, 9.17) is 4.42 Å². The molecule has 5 aromatic rings. The first-order chi connectivity index (χ1) is 18.9. The van der Waals surface area contributed by atoms with Crippen LogP contribution in [0.25, 0.3) is 11.0 Å². The van der Waals surface area contributed by atoms with Crippen LogP contribution in [-0.2, 0) is 10.5 Å². The number of anilines is 1. The number of para-hydroxylation sites is 1. The van der Waals surface area contributed by atoms with Crippen molar-refractivity contribution in [1.82, 2.24) is 10.2 Å². The predicted molar refractivity (Wildman–Crippen MR) is 150 cm³/mol. The van der Waals surface area contributed by atoms with Gasteiger partial charge in [-0.3, -0.25) is 14.5 Å². The van der Waals surface area contributed by atoms with Gasteiger partial charge in [-0.05, 0) is 47.5 Å². The molecule has 7 nitrogen and oxygen atoms in total. The van der Waals surface area contributed by atoms with Crippen LogP contribution in [0.2, 0.25) is 0 Å². The minimum absolute atomic E-state index is 0.0141. The van der Waals surface area contributed by atoms with Crippen molar-refractivity contribution in [2.24, 2.45) is 0 Å². The third-order valence-electron chi connectivity index (χ3n) is 6.14. The number of thioether (sulfide) groups is 1. The van der Waals surface area contributed by atoms with Crippen LogP contribution in [-0.4, -0.2) is 27.0 Å². The number of carbonyl (C=O) groups excluding carboxylic acids is 2. The van der Waals surface area contributed by atoms with Gasteiger partial charge in [0.15, 0.2) is 15.9 Å². The first-order valence-corrected chi connectivity index (χ1v) is 14.2. The average molecular weight is 622 g/mol. The van der Waals surface area contributed by atoms with E-state index in [0.29, 0.717) is 21.2 Å². The van der Waals surface area contributed by atoms with E-state index in [1.165, 1.54) is 28.8 Å². The standard InChI is InChI=1S/C28H17BrFN3O4S2/c29-18-6-3-5-17(12-18)23-22(24(34)21-13-16-4-1-2-7-20(16)37-21)25(35)26(36)33(23)27-31-32-28(39-27)38-14-15-8-10-19(30)11-9-15/h1-13,23,35H,14H2/t23-/m0/s1. The summed E-state index contributed by atoms with van der Waals surface area (Å²) in [6.07, 6.45) is 0. The number of aliphatic hydroxyl groups is 1. The summed E-state index contributed by atoms with van der Waals surface area (Å²) in [7, 11) is 0. The molecule has 0 saturated heterocycles. The maximum Gasteiger partial charge on any atom is 0.296 e. The van der Waals surface area contributed by atoms with E-state index in [1.54, 1.807) is 48.5 Å². The minimum atomic E-state index is -0.960. The van der Waals surface area contributed by atoms with Crippen LogP contribution in [0, 0.1) is 5.82 Å². The zero-order valence-electron chi connectivity index (χ0n) is 19.9. The van der Waals surface area contributed by atoms with Gasteiger partial charge in [-0.25, -0.2) is 4.39 Å². The number of halogens is 2. The van der Waals surface area contributed by atoms with Gasteiger partial charge in [0.25, 0.3) is 5.91 Å². The molecule has 0 aliphatic carbocycles. The fourth-order valence-electron chi connectivity index (χ4n) is 4.34. The highest BCUT2D eigenvalue weighted by atomic mass is 79.9. The van der Waals surface area contributed by atoms with Crippen molar-refractivity contribution >= 4 is 66.8 Å². The second-order valence-corrected chi connectivity index (χ2v) is 11.7. The fraction of sp³-hybridized carbons (Fsp3) is 0.0714. The number of fused-ring (bicyclic) bond motifs is 1. The van der Waals surface area contributed by atoms with Gasteiger partial charge < -0.3 is 9.52 Å². The highest BCUT2D eigenvalue weighted by molar-refractivity contribution is 9.10. The number of hydrogen-bond acceptors (Lipinski definition) is 8. The fourth-order valence-corrected chi connectivity index (χ4v) is 6.58. The summed E-state index contributed by atoms with van der Waals surface area (Å²) in [5, 5.41) is 20.4. The van der Waals surface area contributed by atoms with Gasteiger partial charge in [-0.15, -0.1) is 10.2 Å². The Kier molecular flexibility index (Phi) is 6.79. The lowest BCUT2D eigenvalue weighted by Crippen LogP contribution is -2.31. The Balaban J connectivity index is 1.36. The van der Waals surface area contributed by atoms with Crippen LogP contribution in [0.3, 0.4) is 0 Å². The average Bonchev–Trinajstić information content (AvgIpc) is 3.64. The lowest BCUT2D eigenvalue weighted by Gasteiger charge is -2.24. The molecule has 0 fully saturated rings. The number of Topliss-reactive ketones (excluding diaryl/α,β-unsaturated/α-hetero) is 1. The van der Waals surface area contributed by atoms with Crippen molar-refractivity contribution in [2.45, 2.75) is 16.1 Å². The van der Waals surface area contributed by atoms with E-state index in [2.05, 4.69) is 26.1 Å². The summed E-state index contributed by atoms with van der Waals surface area (Å²) in [6.45, 7) is 0. The molecule has 0 bridgehead atoms. The number of benzene rings is 3. The normalized spacial score (nSPS) is 15.5. The second kappa shape index (κ2) is 10.4. The lowest BCUT2D eigenvalue weighted by atomic mass is 9.95. The third kappa shape index (κ3) is 4.88. The van der Waals surface area contributed by atoms with Crippen LogP contribution in [0.1, 0.15) is 27.7 Å². The molecule has 1 atom stereocenters. The molecular weight excluding hydrogens is 605 g/mol. The van der Waals surface area contributed by atoms with Crippen LogP contribution in [0.4, 0.5) is 9.52 Å². The van der Waals surface area contributed by atoms with E-state index in [-0.39, 0.29) is 22.3 Å². The minimum Gasteiger partial charge on any atom is -0.503 e. The van der Waals surface area contributed by atoms with Crippen LogP contribution in [0.5, 0.6) is 0 Å². The Morgan fingerprint density at radius 2 is 1.87 bits per heavy atom. The molecule has 1 N–H and O–H groups in total. The zero-order valence-corrected chi connectivity index (χ0v) is 23.1. The smallest absolute Gasteiger partial charge is 0.296 e. The highest BCUT2D eigenvalue weighted by Gasteiger charge is 2.46. The summed E-state index contributed by atoms with van der Waals surface area (Å²) in [5.41, 5.74) is 1.92. The van der Waals surface area contributed by atoms with Crippen molar-refractivity contribution in [2.75, 3.05) is 4.90 Å². The van der Waals surface area contributed by atoms with E-state index in [9.17, 15) is 19.1 Å². The van der Waals surface area contributed by atoms with E-state index in [0.717, 1.165) is 26.8 Å². The number of hydrogen-bond donors (Lipinski definition) is 1. The molecule has 6 rings (SSSR count). The summed E-state index contributed by atoms with van der Waals surface area (Å²) >= 11 is 6.00. The highest BCUT2D eigenvalue weighted by Crippen LogP contribution is 2.44. The van der Waals surface area contributed by atoms with Gasteiger partial charge in [-0.2, -0.15) is 0 Å². The summed E-state index contributed by atoms with van der Waals surface area (Å²) in [4.78, 5) is 28.5. The molecule has 3 aromatic carbocycles. The topological polar surface area (TPSA) is 96.5 Å². The van der Waals surface area contributed by atoms with E-state index < -0.39 is 23.5 Å². The Bertz CT molecular complexity index is 1730. The van der Waals surface area contributed by atoms with Crippen LogP contribution < -0.4 is 4.90 Å². The number of furan rings is 1. The number of rotatable bonds is 7. The van der Waals surface area contributed by atoms with E-state index >= 15 is 0 Å². The van der Waals surface area contributed by atoms with Gasteiger partial charge in [0.1, 0.15) is 11.4 Å². The maximum atomic E-state index is 13.7. The summed E-state index contributed by atoms with van der Waals surface area (Å²) in [6, 6.07) is 21.1. The van der Waals surface area contributed by atoms with Crippen LogP contribution in [0.15, 0.2) is 103 Å². The zero-order chi connectivity index (χ0) is 27.1. The molecule has 0 saturated carbocycles. The predicted octanol–water partition coefficient (Wildman–Crippen LogP) is 7.26. The van der Waals surface area contributed by atoms with Gasteiger partial charge in [0.2, 0.25) is 10.9 Å². The molecule has 39 heavy (non-hydrogen) atoms. The van der Waals surface area contributed by atoms with Crippen molar-refractivity contribution in [3.63, 3.8) is 0 Å². The first kappa shape index (κ1) is 25.5. The summed E-state index contributed by atoms with van der Waals surface area (Å²) < 4.78 is 20.3. The van der Waals surface area contributed by atoms with E-state index in [1.807, 2.05) is 18.2 Å². The van der Waals surface area contributed by atoms with Gasteiger partial charge in [-0.1, -0.05) is 81.5 Å². The third-order valence-corrected chi connectivity index (χ3v) is 8.76. The molecule has 1 aliphatic heterocycles. The number of aliphatic hydroxyl groups excluding tert-OH is 1. The number of aromatic nitrogens is 2. The number of nitrogens with zero attached hydrogens (tertiary/aromatic N) is 3. The molecule has 194 valence electrons. The van der Waals surface area contributed by atoms with Gasteiger partial charge in [0.05, 0.1) is 11.6 Å². The lowest BCUT2D eigenvalue weighted by molar-refractivity contribution is -0.117. The van der Waals surface area contributed by atoms with Crippen molar-refractivity contribution in [1.29, 1.82) is 0 Å². The molecule has 3 heterocycles. The molecule has 1 aliphatic rings. The van der Waals surface area contributed by atoms with Crippen molar-refractivity contribution < 1.29 is 23.5 Å². The molecule has 0 spiro atoms. The largest absolute Gasteiger partial charge is 0.503 e. The van der Waals surface area contributed by atoms with Crippen molar-refractivity contribution in [3.05, 3.63) is 117 Å². The first-order valence-electron chi connectivity index (χ1n) is 11.7. The Hall–Kier alpha value is -3.80. The molecular formula is C28H17BrFN3O4S2. The Morgan fingerprint density at radius 3 is 2.64 bits per heavy atom. The maximum absolute atomic E-state index is 13.7. The van der Waals surface area contributed by atoms with Gasteiger partial charge in [0, 0.05) is 15.6 Å². The second-order valence-electron chi connectivity index (χ2n) is 8.64. The Morgan fingerprint density at radius 1 is 1.08 bits per heavy atom. The molecule has 1 amide bonds. The number of ketones is 1.